The third-order valence-electron chi connectivity index (χ3n) is 4.41. The molecular formula is C22H23N4NiOS-. The number of rotatable bonds is 5. The zero-order chi connectivity index (χ0) is 20.3. The second-order valence-corrected chi connectivity index (χ2v) is 7.04. The first kappa shape index (κ1) is 22.7. The van der Waals surface area contributed by atoms with E-state index in [2.05, 4.69) is 5.32 Å². The van der Waals surface area contributed by atoms with E-state index in [0.717, 1.165) is 33.9 Å². The zero-order valence-electron chi connectivity index (χ0n) is 16.7. The first-order chi connectivity index (χ1) is 13.4. The third kappa shape index (κ3) is 5.05. The molecule has 29 heavy (non-hydrogen) atoms. The Morgan fingerprint density at radius 2 is 1.69 bits per heavy atom. The molecule has 3 aromatic rings. The summed E-state index contributed by atoms with van der Waals surface area (Å²) in [6.45, 7) is 5.42. The summed E-state index contributed by atoms with van der Waals surface area (Å²) < 4.78 is 4.06. The Labute approximate surface area is 186 Å². The molecule has 0 atom stereocenters. The van der Waals surface area contributed by atoms with Gasteiger partial charge < -0.3 is 17.9 Å². The van der Waals surface area contributed by atoms with Crippen molar-refractivity contribution in [3.8, 4) is 5.69 Å². The van der Waals surface area contributed by atoms with Gasteiger partial charge in [-0.25, -0.2) is 9.67 Å². The molecule has 0 aliphatic heterocycles. The van der Waals surface area contributed by atoms with Crippen LogP contribution in [0.15, 0.2) is 76.3 Å². The number of allylic oxidation sites excluding steroid dienone is 2. The number of carbonyl (C=O) groups excluding carboxylic acids is 1. The molecule has 0 aliphatic carbocycles. The Hall–Kier alpha value is -2.63. The Balaban J connectivity index is 0.00000300. The van der Waals surface area contributed by atoms with Gasteiger partial charge in [-0.3, -0.25) is 9.48 Å². The van der Waals surface area contributed by atoms with Gasteiger partial charge in [-0.15, -0.1) is 4.90 Å². The van der Waals surface area contributed by atoms with E-state index in [9.17, 15) is 4.79 Å². The number of aromatic nitrogens is 2. The minimum atomic E-state index is -0.0103. The van der Waals surface area contributed by atoms with Gasteiger partial charge in [0.15, 0.2) is 11.3 Å². The summed E-state index contributed by atoms with van der Waals surface area (Å²) in [5.41, 5.74) is 5.00. The van der Waals surface area contributed by atoms with Crippen LogP contribution in [0.3, 0.4) is 0 Å². The van der Waals surface area contributed by atoms with Crippen LogP contribution in [0.4, 0.5) is 11.4 Å². The van der Waals surface area contributed by atoms with Gasteiger partial charge in [-0.1, -0.05) is 36.4 Å². The summed E-state index contributed by atoms with van der Waals surface area (Å²) in [6.07, 6.45) is 1.57. The van der Waals surface area contributed by atoms with E-state index in [1.807, 2.05) is 84.9 Å². The van der Waals surface area contributed by atoms with Crippen LogP contribution in [0, 0.1) is 6.92 Å². The quantitative estimate of drug-likeness (QED) is 0.361. The first-order valence-corrected chi connectivity index (χ1v) is 9.40. The molecule has 0 spiro atoms. The standard InChI is InChI=1S/C22H24N4OS.Ni/c1-15(14-16(2)27)23-21-17(3)25(4)26(18-10-6-5-7-11-18)22(21)24-19-12-8-9-13-20(19)28;/h5-14,23,28H,1-4H3;/p-1/b15-14-,24-22?;. The van der Waals surface area contributed by atoms with Gasteiger partial charge in [0.05, 0.1) is 11.4 Å². The molecule has 0 aliphatic rings. The molecule has 0 bridgehead atoms. The largest absolute Gasteiger partial charge is 0.778 e. The smallest absolute Gasteiger partial charge is 0.178 e. The van der Waals surface area contributed by atoms with E-state index in [1.165, 1.54) is 6.92 Å². The van der Waals surface area contributed by atoms with E-state index >= 15 is 0 Å². The van der Waals surface area contributed by atoms with Crippen molar-refractivity contribution in [1.82, 2.24) is 9.36 Å². The van der Waals surface area contributed by atoms with Gasteiger partial charge in [0.25, 0.3) is 0 Å². The summed E-state index contributed by atoms with van der Waals surface area (Å²) >= 11 is 5.45. The molecule has 0 saturated carbocycles. The molecule has 0 unspecified atom stereocenters. The monoisotopic (exact) mass is 449 g/mol. The van der Waals surface area contributed by atoms with Crippen molar-refractivity contribution in [1.29, 1.82) is 0 Å². The Morgan fingerprint density at radius 1 is 1.07 bits per heavy atom. The molecule has 154 valence electrons. The average Bonchev–Trinajstić information content (AvgIpc) is 2.88. The van der Waals surface area contributed by atoms with Crippen molar-refractivity contribution in [2.45, 2.75) is 25.7 Å². The SMILES string of the molecule is CC(=O)/C=C(/C)Nc1c(C)n(C)n(-c2ccccc2)c1=Nc1ccccc1[S-].[Ni]. The minimum absolute atomic E-state index is 0. The molecule has 0 radical (unpaired) electrons. The molecule has 1 aromatic heterocycles. The zero-order valence-corrected chi connectivity index (χ0v) is 18.6. The van der Waals surface area contributed by atoms with Crippen LogP contribution in [-0.2, 0) is 41.0 Å². The second kappa shape index (κ2) is 9.72. The maximum Gasteiger partial charge on any atom is 0.178 e. The summed E-state index contributed by atoms with van der Waals surface area (Å²) in [7, 11) is 1.98. The summed E-state index contributed by atoms with van der Waals surface area (Å²) in [6, 6.07) is 17.6. The van der Waals surface area contributed by atoms with Crippen LogP contribution >= 0.6 is 0 Å². The molecule has 0 fully saturated rings. The van der Waals surface area contributed by atoms with Crippen LogP contribution < -0.4 is 10.8 Å². The van der Waals surface area contributed by atoms with E-state index < -0.39 is 0 Å². The topological polar surface area (TPSA) is 51.3 Å². The first-order valence-electron chi connectivity index (χ1n) is 8.99. The summed E-state index contributed by atoms with van der Waals surface area (Å²) in [5.74, 6) is -0.0103. The van der Waals surface area contributed by atoms with Crippen molar-refractivity contribution in [2.75, 3.05) is 5.32 Å². The van der Waals surface area contributed by atoms with Crippen molar-refractivity contribution in [3.05, 3.63) is 77.6 Å². The van der Waals surface area contributed by atoms with E-state index in [-0.39, 0.29) is 22.3 Å². The number of ketones is 1. The predicted molar refractivity (Wildman–Crippen MR) is 115 cm³/mol. The Morgan fingerprint density at radius 3 is 2.31 bits per heavy atom. The number of nitrogens with zero attached hydrogens (tertiary/aromatic N) is 3. The van der Waals surface area contributed by atoms with Gasteiger partial charge in [-0.2, -0.15) is 0 Å². The molecule has 0 amide bonds. The van der Waals surface area contributed by atoms with Gasteiger partial charge in [-0.05, 0) is 45.0 Å². The van der Waals surface area contributed by atoms with Crippen LogP contribution in [0.25, 0.3) is 5.69 Å². The van der Waals surface area contributed by atoms with Gasteiger partial charge in [0, 0.05) is 34.9 Å². The summed E-state index contributed by atoms with van der Waals surface area (Å²) in [4.78, 5) is 17.1. The van der Waals surface area contributed by atoms with Crippen molar-refractivity contribution >= 4 is 29.8 Å². The molecule has 7 heteroatoms. The number of nitrogens with one attached hydrogen (secondary N) is 1. The maximum atomic E-state index is 11.5. The molecule has 0 saturated heterocycles. The van der Waals surface area contributed by atoms with Crippen LogP contribution in [0.2, 0.25) is 0 Å². The number of hydrogen-bond acceptors (Lipinski definition) is 4. The van der Waals surface area contributed by atoms with Gasteiger partial charge in [0.2, 0.25) is 0 Å². The number of benzene rings is 2. The van der Waals surface area contributed by atoms with E-state index in [0.29, 0.717) is 4.90 Å². The molecule has 5 nitrogen and oxygen atoms in total. The van der Waals surface area contributed by atoms with Crippen LogP contribution in [-0.4, -0.2) is 15.1 Å². The number of hydrogen-bond donors (Lipinski definition) is 1. The van der Waals surface area contributed by atoms with E-state index in [1.54, 1.807) is 6.08 Å². The second-order valence-electron chi connectivity index (χ2n) is 6.60. The summed E-state index contributed by atoms with van der Waals surface area (Å²) in [5, 5.41) is 3.35. The molecule has 1 N–H and O–H groups in total. The number of carbonyl (C=O) groups is 1. The fourth-order valence-corrected chi connectivity index (χ4v) is 3.23. The molecule has 2 aromatic carbocycles. The van der Waals surface area contributed by atoms with Crippen molar-refractivity contribution < 1.29 is 21.3 Å². The number of para-hydroxylation sites is 2. The van der Waals surface area contributed by atoms with Gasteiger partial charge in [0.1, 0.15) is 5.69 Å². The fourth-order valence-electron chi connectivity index (χ4n) is 3.04. The number of anilines is 1. The van der Waals surface area contributed by atoms with Gasteiger partial charge >= 0.3 is 0 Å². The van der Waals surface area contributed by atoms with Crippen molar-refractivity contribution in [2.24, 2.45) is 12.0 Å². The molecule has 1 heterocycles. The van der Waals surface area contributed by atoms with Crippen LogP contribution in [0.5, 0.6) is 0 Å². The Bertz CT molecular complexity index is 1110. The Kier molecular flexibility index (Phi) is 7.60. The molecule has 3 rings (SSSR count). The fraction of sp³-hybridized carbons (Fsp3) is 0.182. The normalized spacial score (nSPS) is 11.9. The average molecular weight is 450 g/mol. The predicted octanol–water partition coefficient (Wildman–Crippen LogP) is 4.16. The third-order valence-corrected chi connectivity index (χ3v) is 4.75. The van der Waals surface area contributed by atoms with E-state index in [4.69, 9.17) is 17.6 Å². The van der Waals surface area contributed by atoms with Crippen molar-refractivity contribution in [3.63, 3.8) is 0 Å². The molecular weight excluding hydrogens is 427 g/mol. The minimum Gasteiger partial charge on any atom is -0.778 e. The maximum absolute atomic E-state index is 11.5. The van der Waals surface area contributed by atoms with Crippen LogP contribution in [0.1, 0.15) is 19.5 Å².